The van der Waals surface area contributed by atoms with E-state index in [-0.39, 0.29) is 30.3 Å². The van der Waals surface area contributed by atoms with Crippen molar-refractivity contribution in [3.63, 3.8) is 0 Å². The summed E-state index contributed by atoms with van der Waals surface area (Å²) in [5, 5.41) is 2.69. The Kier molecular flexibility index (Phi) is 6.99. The van der Waals surface area contributed by atoms with Crippen LogP contribution in [0.15, 0.2) is 66.1 Å². The fourth-order valence-corrected chi connectivity index (χ4v) is 4.92. The van der Waals surface area contributed by atoms with Gasteiger partial charge in [-0.25, -0.2) is 13.6 Å². The highest BCUT2D eigenvalue weighted by Gasteiger charge is 2.52. The number of fused-ring (bicyclic) bond motifs is 3. The van der Waals surface area contributed by atoms with Crippen LogP contribution in [0.2, 0.25) is 0 Å². The van der Waals surface area contributed by atoms with Crippen LogP contribution in [0.1, 0.15) is 50.3 Å². The summed E-state index contributed by atoms with van der Waals surface area (Å²) in [7, 11) is -0.955. The molecule has 0 atom stereocenters. The first-order chi connectivity index (χ1) is 18.5. The van der Waals surface area contributed by atoms with Crippen LogP contribution in [0, 0.1) is 11.6 Å². The monoisotopic (exact) mass is 532 g/mol. The van der Waals surface area contributed by atoms with E-state index < -0.39 is 36.0 Å². The molecule has 0 unspecified atom stereocenters. The summed E-state index contributed by atoms with van der Waals surface area (Å²) in [5.74, 6) is -1.79. The van der Waals surface area contributed by atoms with Crippen molar-refractivity contribution in [2.45, 2.75) is 44.8 Å². The molecule has 3 aromatic rings. The fraction of sp³-hybridized carbons (Fsp3) is 0.300. The number of alkyl carbamates (subject to hydrolysis) is 1. The molecule has 0 radical (unpaired) electrons. The number of nitrogens with one attached hydrogen (secondary N) is 1. The van der Waals surface area contributed by atoms with Crippen molar-refractivity contribution in [3.05, 3.63) is 94.5 Å². The van der Waals surface area contributed by atoms with Gasteiger partial charge in [0.2, 0.25) is 0 Å². The maximum Gasteiger partial charge on any atom is 0.492 e. The number of benzene rings is 3. The van der Waals surface area contributed by atoms with Crippen molar-refractivity contribution in [2.24, 2.45) is 0 Å². The second-order valence-electron chi connectivity index (χ2n) is 10.9. The predicted octanol–water partition coefficient (Wildman–Crippen LogP) is 6.10. The Morgan fingerprint density at radius 1 is 0.974 bits per heavy atom. The van der Waals surface area contributed by atoms with Crippen molar-refractivity contribution in [1.29, 1.82) is 0 Å². The van der Waals surface area contributed by atoms with E-state index >= 15 is 0 Å². The Balaban J connectivity index is 1.34. The molecule has 2 aliphatic rings. The van der Waals surface area contributed by atoms with Gasteiger partial charge in [0.05, 0.1) is 16.9 Å². The van der Waals surface area contributed by atoms with Gasteiger partial charge in [0, 0.05) is 18.0 Å². The largest absolute Gasteiger partial charge is 0.492 e. The number of carbonyl (C=O) groups is 1. The Morgan fingerprint density at radius 3 is 2.13 bits per heavy atom. The van der Waals surface area contributed by atoms with Crippen molar-refractivity contribution in [3.8, 4) is 11.1 Å². The molecule has 6 nitrogen and oxygen atoms in total. The van der Waals surface area contributed by atoms with Gasteiger partial charge >= 0.3 is 13.2 Å². The number of nitrogens with two attached hydrogens (primary N) is 1. The van der Waals surface area contributed by atoms with Crippen molar-refractivity contribution >= 4 is 25.0 Å². The van der Waals surface area contributed by atoms with E-state index in [0.29, 0.717) is 5.47 Å². The summed E-state index contributed by atoms with van der Waals surface area (Å²) in [6, 6.07) is 18.3. The van der Waals surface area contributed by atoms with Gasteiger partial charge in [0.25, 0.3) is 0 Å². The third-order valence-electron chi connectivity index (χ3n) is 7.82. The SMILES string of the molecule is CC1(C)OB(C(=Cc2c(F)ccc(N)c2F)CNC(=O)OCC2c3ccccc3-c3ccccc32)OC1(C)C. The van der Waals surface area contributed by atoms with Gasteiger partial charge in [-0.05, 0) is 67.6 Å². The number of halogens is 2. The highest BCUT2D eigenvalue weighted by molar-refractivity contribution is 6.56. The molecule has 1 saturated heterocycles. The molecule has 1 fully saturated rings. The molecule has 1 aliphatic carbocycles. The molecule has 39 heavy (non-hydrogen) atoms. The van der Waals surface area contributed by atoms with Gasteiger partial charge in [-0.1, -0.05) is 54.6 Å². The van der Waals surface area contributed by atoms with E-state index in [1.54, 1.807) is 0 Å². The van der Waals surface area contributed by atoms with Crippen LogP contribution in [-0.4, -0.2) is 37.6 Å². The number of amides is 1. The first-order valence-electron chi connectivity index (χ1n) is 12.9. The minimum Gasteiger partial charge on any atom is -0.449 e. The van der Waals surface area contributed by atoms with Crippen LogP contribution in [0.3, 0.4) is 0 Å². The average Bonchev–Trinajstić information content (AvgIpc) is 3.33. The van der Waals surface area contributed by atoms with Crippen LogP contribution in [-0.2, 0) is 14.0 Å². The lowest BCUT2D eigenvalue weighted by molar-refractivity contribution is 0.00578. The maximum atomic E-state index is 14.7. The Hall–Kier alpha value is -3.69. The van der Waals surface area contributed by atoms with E-state index in [1.165, 1.54) is 6.08 Å². The normalized spacial score (nSPS) is 17.6. The van der Waals surface area contributed by atoms with E-state index in [2.05, 4.69) is 17.4 Å². The smallest absolute Gasteiger partial charge is 0.449 e. The highest BCUT2D eigenvalue weighted by atomic mass is 19.1. The minimum absolute atomic E-state index is 0.100. The minimum atomic E-state index is -0.955. The third-order valence-corrected chi connectivity index (χ3v) is 7.82. The summed E-state index contributed by atoms with van der Waals surface area (Å²) >= 11 is 0. The average molecular weight is 532 g/mol. The summed E-state index contributed by atoms with van der Waals surface area (Å²) in [4.78, 5) is 12.8. The predicted molar refractivity (Wildman–Crippen MR) is 148 cm³/mol. The second-order valence-corrected chi connectivity index (χ2v) is 10.9. The molecule has 1 heterocycles. The first kappa shape index (κ1) is 26.9. The number of rotatable bonds is 6. The number of hydrogen-bond donors (Lipinski definition) is 2. The van der Waals surface area contributed by atoms with Gasteiger partial charge in [0.1, 0.15) is 12.4 Å². The molecule has 0 aromatic heterocycles. The van der Waals surface area contributed by atoms with E-state index in [9.17, 15) is 13.6 Å². The number of anilines is 1. The van der Waals surface area contributed by atoms with Crippen LogP contribution in [0.25, 0.3) is 17.2 Å². The van der Waals surface area contributed by atoms with Gasteiger partial charge in [-0.3, -0.25) is 0 Å². The molecule has 5 rings (SSSR count). The molecule has 202 valence electrons. The molecular weight excluding hydrogens is 501 g/mol. The van der Waals surface area contributed by atoms with Gasteiger partial charge < -0.3 is 25.1 Å². The molecule has 9 heteroatoms. The van der Waals surface area contributed by atoms with E-state index in [0.717, 1.165) is 34.4 Å². The molecule has 0 saturated carbocycles. The second kappa shape index (κ2) is 10.1. The van der Waals surface area contributed by atoms with Crippen LogP contribution in [0.5, 0.6) is 0 Å². The number of hydrogen-bond acceptors (Lipinski definition) is 5. The lowest BCUT2D eigenvalue weighted by Crippen LogP contribution is -2.41. The Bertz CT molecular complexity index is 1400. The number of nitrogen functional groups attached to an aromatic ring is 1. The van der Waals surface area contributed by atoms with E-state index in [4.69, 9.17) is 19.8 Å². The zero-order valence-corrected chi connectivity index (χ0v) is 22.4. The molecule has 3 aromatic carbocycles. The van der Waals surface area contributed by atoms with Crippen molar-refractivity contribution < 1.29 is 27.6 Å². The standard InChI is InChI=1S/C30H31BF2N2O4/c1-29(2)30(3,4)39-31(38-29)18(15-23-25(32)13-14-26(34)27(23)33)16-35-28(36)37-17-24-21-11-7-5-9-19(21)20-10-6-8-12-22(20)24/h5-15,24H,16-17,34H2,1-4H3,(H,35,36). The molecular formula is C30H31BF2N2O4. The lowest BCUT2D eigenvalue weighted by atomic mass is 9.77. The maximum absolute atomic E-state index is 14.7. The number of carbonyl (C=O) groups excluding carboxylic acids is 1. The van der Waals surface area contributed by atoms with Gasteiger partial charge in [0.15, 0.2) is 5.82 Å². The quantitative estimate of drug-likeness (QED) is 0.296. The first-order valence-corrected chi connectivity index (χ1v) is 12.9. The van der Waals surface area contributed by atoms with E-state index in [1.807, 2.05) is 64.1 Å². The Labute approximate surface area is 227 Å². The van der Waals surface area contributed by atoms with Gasteiger partial charge in [-0.2, -0.15) is 0 Å². The van der Waals surface area contributed by atoms with Crippen LogP contribution in [0.4, 0.5) is 19.3 Å². The third kappa shape index (κ3) is 5.04. The summed E-state index contributed by atoms with van der Waals surface area (Å²) in [6.07, 6.45) is 0.597. The highest BCUT2D eigenvalue weighted by Crippen LogP contribution is 2.44. The zero-order chi connectivity index (χ0) is 27.9. The molecule has 1 aliphatic heterocycles. The molecule has 0 bridgehead atoms. The van der Waals surface area contributed by atoms with Crippen LogP contribution < -0.4 is 11.1 Å². The molecule has 0 spiro atoms. The van der Waals surface area contributed by atoms with Crippen molar-refractivity contribution in [2.75, 3.05) is 18.9 Å². The summed E-state index contributed by atoms with van der Waals surface area (Å²) in [6.45, 7) is 7.47. The Morgan fingerprint density at radius 2 is 1.54 bits per heavy atom. The number of ether oxygens (including phenoxy) is 1. The summed E-state index contributed by atoms with van der Waals surface area (Å²) in [5.41, 5.74) is 8.48. The fourth-order valence-electron chi connectivity index (χ4n) is 4.92. The molecule has 3 N–H and O–H groups in total. The molecule has 1 amide bonds. The summed E-state index contributed by atoms with van der Waals surface area (Å²) < 4.78 is 47.2. The van der Waals surface area contributed by atoms with Crippen LogP contribution >= 0.6 is 0 Å². The lowest BCUT2D eigenvalue weighted by Gasteiger charge is -2.32. The topological polar surface area (TPSA) is 82.8 Å². The zero-order valence-electron chi connectivity index (χ0n) is 22.4. The van der Waals surface area contributed by atoms with Gasteiger partial charge in [-0.15, -0.1) is 0 Å². The van der Waals surface area contributed by atoms with Crippen molar-refractivity contribution in [1.82, 2.24) is 5.32 Å².